The van der Waals surface area contributed by atoms with Gasteiger partial charge in [-0.05, 0) is 18.3 Å². The molecule has 1 atom stereocenters. The number of piperazine rings is 1. The van der Waals surface area contributed by atoms with Gasteiger partial charge in [-0.1, -0.05) is 27.7 Å². The molecule has 0 aromatic heterocycles. The van der Waals surface area contributed by atoms with Crippen molar-refractivity contribution in [2.75, 3.05) is 26.2 Å². The Morgan fingerprint density at radius 3 is 2.21 bits per heavy atom. The van der Waals surface area contributed by atoms with Crippen LogP contribution in [0.25, 0.3) is 0 Å². The Kier molecular flexibility index (Phi) is 4.39. The lowest BCUT2D eigenvalue weighted by Gasteiger charge is -2.37. The van der Waals surface area contributed by atoms with E-state index >= 15 is 0 Å². The monoisotopic (exact) mass is 198 g/mol. The summed E-state index contributed by atoms with van der Waals surface area (Å²) < 4.78 is 0. The van der Waals surface area contributed by atoms with Crippen molar-refractivity contribution in [3.05, 3.63) is 0 Å². The highest BCUT2D eigenvalue weighted by atomic mass is 15.2. The van der Waals surface area contributed by atoms with Gasteiger partial charge in [-0.2, -0.15) is 0 Å². The lowest BCUT2D eigenvalue weighted by molar-refractivity contribution is 0.129. The lowest BCUT2D eigenvalue weighted by Crippen LogP contribution is -2.49. The van der Waals surface area contributed by atoms with Crippen LogP contribution in [0.3, 0.4) is 0 Å². The van der Waals surface area contributed by atoms with E-state index in [0.29, 0.717) is 5.41 Å². The first kappa shape index (κ1) is 12.0. The topological polar surface area (TPSA) is 15.3 Å². The van der Waals surface area contributed by atoms with Crippen LogP contribution in [0.5, 0.6) is 0 Å². The van der Waals surface area contributed by atoms with Gasteiger partial charge in [0.25, 0.3) is 0 Å². The molecule has 0 spiro atoms. The van der Waals surface area contributed by atoms with E-state index in [-0.39, 0.29) is 0 Å². The van der Waals surface area contributed by atoms with E-state index in [9.17, 15) is 0 Å². The second-order valence-electron chi connectivity index (χ2n) is 5.61. The van der Waals surface area contributed by atoms with Gasteiger partial charge in [0, 0.05) is 32.2 Å². The molecule has 0 aromatic rings. The van der Waals surface area contributed by atoms with E-state index in [2.05, 4.69) is 37.9 Å². The molecule has 2 nitrogen and oxygen atoms in total. The lowest BCUT2D eigenvalue weighted by atomic mass is 9.86. The molecule has 1 aliphatic rings. The summed E-state index contributed by atoms with van der Waals surface area (Å²) in [6.07, 6.45) is 2.61. The van der Waals surface area contributed by atoms with E-state index in [0.717, 1.165) is 6.04 Å². The molecule has 84 valence electrons. The summed E-state index contributed by atoms with van der Waals surface area (Å²) >= 11 is 0. The van der Waals surface area contributed by atoms with Crippen molar-refractivity contribution in [3.63, 3.8) is 0 Å². The van der Waals surface area contributed by atoms with Crippen molar-refractivity contribution in [2.45, 2.75) is 46.6 Å². The molecule has 1 unspecified atom stereocenters. The number of hydrogen-bond donors (Lipinski definition) is 1. The van der Waals surface area contributed by atoms with Gasteiger partial charge in [0.05, 0.1) is 0 Å². The van der Waals surface area contributed by atoms with E-state index in [4.69, 9.17) is 0 Å². The third-order valence-electron chi connectivity index (χ3n) is 2.99. The number of nitrogens with zero attached hydrogens (tertiary/aromatic N) is 1. The van der Waals surface area contributed by atoms with Crippen molar-refractivity contribution >= 4 is 0 Å². The molecule has 0 bridgehead atoms. The van der Waals surface area contributed by atoms with E-state index < -0.39 is 0 Å². The minimum atomic E-state index is 0.464. The molecule has 1 aliphatic heterocycles. The van der Waals surface area contributed by atoms with Crippen molar-refractivity contribution in [1.82, 2.24) is 10.2 Å². The van der Waals surface area contributed by atoms with Gasteiger partial charge in [0.2, 0.25) is 0 Å². The third-order valence-corrected chi connectivity index (χ3v) is 2.99. The average Bonchev–Trinajstić information content (AvgIpc) is 2.14. The number of rotatable bonds is 3. The highest BCUT2D eigenvalue weighted by Crippen LogP contribution is 2.25. The molecule has 0 radical (unpaired) electrons. The summed E-state index contributed by atoms with van der Waals surface area (Å²) in [5.74, 6) is 0. The first-order valence-electron chi connectivity index (χ1n) is 5.97. The summed E-state index contributed by atoms with van der Waals surface area (Å²) in [5, 5.41) is 3.41. The predicted octanol–water partition coefficient (Wildman–Crippen LogP) is 2.11. The highest BCUT2D eigenvalue weighted by Gasteiger charge is 2.23. The minimum Gasteiger partial charge on any atom is -0.314 e. The Bertz CT molecular complexity index is 154. The Morgan fingerprint density at radius 2 is 1.79 bits per heavy atom. The van der Waals surface area contributed by atoms with Gasteiger partial charge in [-0.15, -0.1) is 0 Å². The molecule has 1 rings (SSSR count). The summed E-state index contributed by atoms with van der Waals surface area (Å²) in [4.78, 5) is 2.65. The fraction of sp³-hybridized carbons (Fsp3) is 1.00. The zero-order valence-electron chi connectivity index (χ0n) is 10.3. The van der Waals surface area contributed by atoms with Crippen molar-refractivity contribution < 1.29 is 0 Å². The molecule has 1 fully saturated rings. The van der Waals surface area contributed by atoms with E-state index in [1.54, 1.807) is 0 Å². The molecule has 1 heterocycles. The highest BCUT2D eigenvalue weighted by molar-refractivity contribution is 4.79. The van der Waals surface area contributed by atoms with Crippen LogP contribution in [-0.2, 0) is 0 Å². The number of nitrogens with one attached hydrogen (secondary N) is 1. The summed E-state index contributed by atoms with van der Waals surface area (Å²) in [6.45, 7) is 14.1. The quantitative estimate of drug-likeness (QED) is 0.747. The molecule has 0 aliphatic carbocycles. The van der Waals surface area contributed by atoms with Crippen molar-refractivity contribution in [1.29, 1.82) is 0 Å². The molecular formula is C12H26N2. The molecule has 0 aromatic carbocycles. The molecule has 0 amide bonds. The van der Waals surface area contributed by atoms with Gasteiger partial charge in [0.1, 0.15) is 0 Å². The van der Waals surface area contributed by atoms with Crippen LogP contribution in [0.4, 0.5) is 0 Å². The fourth-order valence-electron chi connectivity index (χ4n) is 2.29. The minimum absolute atomic E-state index is 0.464. The first-order valence-corrected chi connectivity index (χ1v) is 5.97. The molecule has 1 N–H and O–H groups in total. The van der Waals surface area contributed by atoms with Crippen LogP contribution in [0, 0.1) is 5.41 Å². The van der Waals surface area contributed by atoms with Gasteiger partial charge in [0.15, 0.2) is 0 Å². The molecule has 2 heteroatoms. The van der Waals surface area contributed by atoms with Gasteiger partial charge in [-0.3, -0.25) is 4.90 Å². The summed E-state index contributed by atoms with van der Waals surface area (Å²) in [7, 11) is 0. The van der Waals surface area contributed by atoms with Gasteiger partial charge >= 0.3 is 0 Å². The van der Waals surface area contributed by atoms with Gasteiger partial charge in [-0.25, -0.2) is 0 Å². The van der Waals surface area contributed by atoms with Crippen LogP contribution in [0.15, 0.2) is 0 Å². The summed E-state index contributed by atoms with van der Waals surface area (Å²) in [5.41, 5.74) is 0.464. The van der Waals surface area contributed by atoms with Crippen LogP contribution in [0.1, 0.15) is 40.5 Å². The SMILES string of the molecule is CCC(CC(C)(C)C)N1CCNCC1. The third kappa shape index (κ3) is 3.97. The van der Waals surface area contributed by atoms with Crippen molar-refractivity contribution in [2.24, 2.45) is 5.41 Å². The maximum Gasteiger partial charge on any atom is 0.0110 e. The number of hydrogen-bond acceptors (Lipinski definition) is 2. The zero-order valence-corrected chi connectivity index (χ0v) is 10.3. The smallest absolute Gasteiger partial charge is 0.0110 e. The molecule has 14 heavy (non-hydrogen) atoms. The Morgan fingerprint density at radius 1 is 1.21 bits per heavy atom. The fourth-order valence-corrected chi connectivity index (χ4v) is 2.29. The van der Waals surface area contributed by atoms with E-state index in [1.807, 2.05) is 0 Å². The van der Waals surface area contributed by atoms with Crippen LogP contribution >= 0.6 is 0 Å². The zero-order chi connectivity index (χ0) is 10.6. The van der Waals surface area contributed by atoms with Crippen LogP contribution in [0.2, 0.25) is 0 Å². The van der Waals surface area contributed by atoms with Gasteiger partial charge < -0.3 is 5.32 Å². The largest absolute Gasteiger partial charge is 0.314 e. The maximum absolute atomic E-state index is 3.41. The second kappa shape index (κ2) is 5.13. The Hall–Kier alpha value is -0.0800. The Balaban J connectivity index is 2.43. The molecule has 0 saturated carbocycles. The maximum atomic E-state index is 3.41. The van der Waals surface area contributed by atoms with Crippen LogP contribution < -0.4 is 5.32 Å². The predicted molar refractivity (Wildman–Crippen MR) is 62.6 cm³/mol. The average molecular weight is 198 g/mol. The van der Waals surface area contributed by atoms with E-state index in [1.165, 1.54) is 39.0 Å². The second-order valence-corrected chi connectivity index (χ2v) is 5.61. The normalized spacial score (nSPS) is 22.3. The first-order chi connectivity index (χ1) is 6.53. The summed E-state index contributed by atoms with van der Waals surface area (Å²) in [6, 6.07) is 0.789. The van der Waals surface area contributed by atoms with Crippen LogP contribution in [-0.4, -0.2) is 37.1 Å². The standard InChI is InChI=1S/C12H26N2/c1-5-11(10-12(2,3)4)14-8-6-13-7-9-14/h11,13H,5-10H2,1-4H3. The Labute approximate surface area is 89.1 Å². The molecular weight excluding hydrogens is 172 g/mol. The molecule has 1 saturated heterocycles. The van der Waals surface area contributed by atoms with Crippen molar-refractivity contribution in [3.8, 4) is 0 Å².